The standard InChI is InChI=1S/C10H12F3N.ClH/c1-2-8-3-5-9(6-4-8)14-7-10(11,12)13;/h3-6,14H,2,7H2,1H3;1H. The summed E-state index contributed by atoms with van der Waals surface area (Å²) < 4.78 is 35.5. The molecule has 0 radical (unpaired) electrons. The van der Waals surface area contributed by atoms with Gasteiger partial charge >= 0.3 is 6.18 Å². The van der Waals surface area contributed by atoms with Crippen molar-refractivity contribution in [1.29, 1.82) is 0 Å². The van der Waals surface area contributed by atoms with Gasteiger partial charge in [-0.05, 0) is 24.1 Å². The molecule has 0 bridgehead atoms. The van der Waals surface area contributed by atoms with Gasteiger partial charge < -0.3 is 5.32 Å². The Hall–Kier alpha value is -0.900. The molecule has 1 aromatic rings. The fraction of sp³-hybridized carbons (Fsp3) is 0.400. The molecule has 1 nitrogen and oxygen atoms in total. The maximum absolute atomic E-state index is 11.8. The molecule has 0 aliphatic heterocycles. The van der Waals surface area contributed by atoms with Crippen molar-refractivity contribution in [2.45, 2.75) is 19.5 Å². The van der Waals surface area contributed by atoms with E-state index in [4.69, 9.17) is 0 Å². The molecule has 0 saturated heterocycles. The Labute approximate surface area is 93.1 Å². The van der Waals surface area contributed by atoms with Gasteiger partial charge in [-0.2, -0.15) is 13.2 Å². The van der Waals surface area contributed by atoms with Gasteiger partial charge in [-0.25, -0.2) is 0 Å². The number of hydrogen-bond donors (Lipinski definition) is 1. The van der Waals surface area contributed by atoms with Gasteiger partial charge in [0.25, 0.3) is 0 Å². The van der Waals surface area contributed by atoms with Crippen molar-refractivity contribution in [3.05, 3.63) is 29.8 Å². The van der Waals surface area contributed by atoms with Crippen LogP contribution in [-0.2, 0) is 6.42 Å². The van der Waals surface area contributed by atoms with E-state index in [1.165, 1.54) is 0 Å². The highest BCUT2D eigenvalue weighted by atomic mass is 35.5. The fourth-order valence-electron chi connectivity index (χ4n) is 1.06. The molecule has 0 aliphatic carbocycles. The highest BCUT2D eigenvalue weighted by Gasteiger charge is 2.26. The quantitative estimate of drug-likeness (QED) is 0.849. The Bertz CT molecular complexity index is 282. The lowest BCUT2D eigenvalue weighted by Crippen LogP contribution is -2.21. The maximum Gasteiger partial charge on any atom is 0.405 e. The summed E-state index contributed by atoms with van der Waals surface area (Å²) in [5.74, 6) is 0. The van der Waals surface area contributed by atoms with Crippen molar-refractivity contribution in [3.63, 3.8) is 0 Å². The average molecular weight is 240 g/mol. The van der Waals surface area contributed by atoms with Crippen molar-refractivity contribution >= 4 is 18.1 Å². The average Bonchev–Trinajstić information content (AvgIpc) is 2.14. The van der Waals surface area contributed by atoms with Crippen LogP contribution in [0, 0.1) is 0 Å². The molecule has 0 heterocycles. The molecule has 0 amide bonds. The molecule has 5 heteroatoms. The zero-order chi connectivity index (χ0) is 10.6. The molecule has 0 spiro atoms. The molecule has 0 saturated carbocycles. The second-order valence-electron chi connectivity index (χ2n) is 3.02. The lowest BCUT2D eigenvalue weighted by molar-refractivity contribution is -0.115. The van der Waals surface area contributed by atoms with Crippen LogP contribution in [0.3, 0.4) is 0 Å². The molecule has 0 fully saturated rings. The van der Waals surface area contributed by atoms with E-state index in [1.54, 1.807) is 12.1 Å². The van der Waals surface area contributed by atoms with E-state index in [-0.39, 0.29) is 12.4 Å². The van der Waals surface area contributed by atoms with E-state index in [2.05, 4.69) is 5.32 Å². The first kappa shape index (κ1) is 14.1. The van der Waals surface area contributed by atoms with Gasteiger partial charge in [-0.1, -0.05) is 19.1 Å². The van der Waals surface area contributed by atoms with Gasteiger partial charge in [0.05, 0.1) is 0 Å². The smallest absolute Gasteiger partial charge is 0.376 e. The first-order valence-corrected chi connectivity index (χ1v) is 4.41. The molecule has 15 heavy (non-hydrogen) atoms. The summed E-state index contributed by atoms with van der Waals surface area (Å²) in [6.07, 6.45) is -3.27. The first-order chi connectivity index (χ1) is 6.51. The van der Waals surface area contributed by atoms with Gasteiger partial charge in [0.15, 0.2) is 0 Å². The Morgan fingerprint density at radius 1 is 1.13 bits per heavy atom. The lowest BCUT2D eigenvalue weighted by atomic mass is 10.1. The van der Waals surface area contributed by atoms with Crippen molar-refractivity contribution in [2.24, 2.45) is 0 Å². The third kappa shape index (κ3) is 5.52. The van der Waals surface area contributed by atoms with Crippen molar-refractivity contribution < 1.29 is 13.2 Å². The third-order valence-corrected chi connectivity index (χ3v) is 1.86. The minimum absolute atomic E-state index is 0. The molecule has 0 unspecified atom stereocenters. The van der Waals surface area contributed by atoms with Gasteiger partial charge in [0.1, 0.15) is 6.54 Å². The number of anilines is 1. The number of aryl methyl sites for hydroxylation is 1. The molecule has 1 N–H and O–H groups in total. The first-order valence-electron chi connectivity index (χ1n) is 4.41. The molecular formula is C10H13ClF3N. The number of benzene rings is 1. The van der Waals surface area contributed by atoms with Crippen LogP contribution in [0.25, 0.3) is 0 Å². The summed E-state index contributed by atoms with van der Waals surface area (Å²) in [6.45, 7) is 1.01. The highest BCUT2D eigenvalue weighted by Crippen LogP contribution is 2.16. The summed E-state index contributed by atoms with van der Waals surface area (Å²) in [5.41, 5.74) is 1.61. The normalized spacial score (nSPS) is 10.7. The van der Waals surface area contributed by atoms with Crippen LogP contribution < -0.4 is 5.32 Å². The number of nitrogens with one attached hydrogen (secondary N) is 1. The molecular weight excluding hydrogens is 227 g/mol. The Morgan fingerprint density at radius 2 is 1.67 bits per heavy atom. The molecule has 1 aromatic carbocycles. The zero-order valence-corrected chi connectivity index (χ0v) is 9.08. The Morgan fingerprint density at radius 3 is 2.07 bits per heavy atom. The summed E-state index contributed by atoms with van der Waals surface area (Å²) in [5, 5.41) is 2.31. The topological polar surface area (TPSA) is 12.0 Å². The zero-order valence-electron chi connectivity index (χ0n) is 8.27. The fourth-order valence-corrected chi connectivity index (χ4v) is 1.06. The number of halogens is 4. The van der Waals surface area contributed by atoms with Gasteiger partial charge in [-0.3, -0.25) is 0 Å². The number of hydrogen-bond acceptors (Lipinski definition) is 1. The van der Waals surface area contributed by atoms with Crippen molar-refractivity contribution in [3.8, 4) is 0 Å². The molecule has 0 atom stereocenters. The third-order valence-electron chi connectivity index (χ3n) is 1.86. The minimum Gasteiger partial charge on any atom is -0.376 e. The monoisotopic (exact) mass is 239 g/mol. The van der Waals surface area contributed by atoms with E-state index < -0.39 is 12.7 Å². The second-order valence-corrected chi connectivity index (χ2v) is 3.02. The van der Waals surface area contributed by atoms with Crippen LogP contribution in [-0.4, -0.2) is 12.7 Å². The summed E-state index contributed by atoms with van der Waals surface area (Å²) in [6, 6.07) is 6.95. The van der Waals surface area contributed by atoms with E-state index in [0.29, 0.717) is 5.69 Å². The van der Waals surface area contributed by atoms with E-state index in [1.807, 2.05) is 19.1 Å². The SMILES string of the molecule is CCc1ccc(NCC(F)(F)F)cc1.Cl. The van der Waals surface area contributed by atoms with Crippen LogP contribution in [0.4, 0.5) is 18.9 Å². The molecule has 86 valence electrons. The minimum atomic E-state index is -4.16. The predicted octanol–water partition coefficient (Wildman–Crippen LogP) is 3.65. The lowest BCUT2D eigenvalue weighted by Gasteiger charge is -2.09. The predicted molar refractivity (Wildman–Crippen MR) is 57.6 cm³/mol. The van der Waals surface area contributed by atoms with Crippen molar-refractivity contribution in [1.82, 2.24) is 0 Å². The molecule has 0 aliphatic rings. The van der Waals surface area contributed by atoms with Crippen molar-refractivity contribution in [2.75, 3.05) is 11.9 Å². The van der Waals surface area contributed by atoms with Crippen LogP contribution in [0.1, 0.15) is 12.5 Å². The largest absolute Gasteiger partial charge is 0.405 e. The number of rotatable bonds is 3. The van der Waals surface area contributed by atoms with Crippen LogP contribution in [0.15, 0.2) is 24.3 Å². The van der Waals surface area contributed by atoms with Crippen LogP contribution in [0.2, 0.25) is 0 Å². The summed E-state index contributed by atoms with van der Waals surface area (Å²) in [4.78, 5) is 0. The Kier molecular flexibility index (Phi) is 5.50. The van der Waals surface area contributed by atoms with Crippen LogP contribution in [0.5, 0.6) is 0 Å². The number of alkyl halides is 3. The molecule has 0 aromatic heterocycles. The maximum atomic E-state index is 11.8. The highest BCUT2D eigenvalue weighted by molar-refractivity contribution is 5.85. The Balaban J connectivity index is 0.00000196. The summed E-state index contributed by atoms with van der Waals surface area (Å²) >= 11 is 0. The van der Waals surface area contributed by atoms with Gasteiger partial charge in [-0.15, -0.1) is 12.4 Å². The molecule has 1 rings (SSSR count). The van der Waals surface area contributed by atoms with Gasteiger partial charge in [0, 0.05) is 5.69 Å². The van der Waals surface area contributed by atoms with Crippen LogP contribution >= 0.6 is 12.4 Å². The van der Waals surface area contributed by atoms with Gasteiger partial charge in [0.2, 0.25) is 0 Å². The summed E-state index contributed by atoms with van der Waals surface area (Å²) in [7, 11) is 0. The van der Waals surface area contributed by atoms with E-state index in [0.717, 1.165) is 12.0 Å². The second kappa shape index (κ2) is 5.85. The van der Waals surface area contributed by atoms with E-state index in [9.17, 15) is 13.2 Å². The van der Waals surface area contributed by atoms with E-state index >= 15 is 0 Å².